The molecule has 0 spiro atoms. The summed E-state index contributed by atoms with van der Waals surface area (Å²) in [6, 6.07) is 0. The van der Waals surface area contributed by atoms with Crippen molar-refractivity contribution < 1.29 is 13.2 Å². The SMILES string of the molecule is FC(F)(F)[C][S]. The van der Waals surface area contributed by atoms with Crippen molar-refractivity contribution in [2.75, 3.05) is 0 Å². The van der Waals surface area contributed by atoms with Crippen LogP contribution in [-0.2, 0) is 0 Å². The third-order valence-corrected chi connectivity index (χ3v) is 0.347. The standard InChI is InChI=1S/C2F3S/c3-2(4,5)1-6. The van der Waals surface area contributed by atoms with Crippen LogP contribution in [0.15, 0.2) is 0 Å². The second-order valence-electron chi connectivity index (χ2n) is 0.600. The quantitative estimate of drug-likeness (QED) is 0.449. The van der Waals surface area contributed by atoms with E-state index in [1.54, 1.807) is 0 Å². The van der Waals surface area contributed by atoms with E-state index in [-0.39, 0.29) is 0 Å². The number of halogens is 3. The van der Waals surface area contributed by atoms with E-state index in [0.717, 1.165) is 0 Å². The molecule has 0 saturated carbocycles. The minimum Gasteiger partial charge on any atom is -0.169 e. The largest absolute Gasteiger partial charge is 0.407 e. The fourth-order valence-corrected chi connectivity index (χ4v) is 0. The van der Waals surface area contributed by atoms with Gasteiger partial charge in [-0.3, -0.25) is 0 Å². The molecule has 0 amide bonds. The highest BCUT2D eigenvalue weighted by Gasteiger charge is 2.25. The molecule has 0 aromatic rings. The van der Waals surface area contributed by atoms with E-state index in [1.807, 2.05) is 0 Å². The molecule has 0 rings (SSSR count). The second kappa shape index (κ2) is 1.73. The van der Waals surface area contributed by atoms with Gasteiger partial charge in [-0.05, 0) is 0 Å². The third-order valence-electron chi connectivity index (χ3n) is 0.116. The maximum Gasteiger partial charge on any atom is 0.407 e. The Hall–Kier alpha value is 0.140. The topological polar surface area (TPSA) is 0 Å². The molecule has 35 valence electrons. The molecule has 0 aliphatic carbocycles. The van der Waals surface area contributed by atoms with Gasteiger partial charge in [0.2, 0.25) is 0 Å². The zero-order valence-corrected chi connectivity index (χ0v) is 3.36. The molecule has 0 atom stereocenters. The van der Waals surface area contributed by atoms with Crippen molar-refractivity contribution in [2.24, 2.45) is 0 Å². The van der Waals surface area contributed by atoms with Crippen LogP contribution in [0, 0.1) is 5.75 Å². The van der Waals surface area contributed by atoms with Crippen molar-refractivity contribution in [1.29, 1.82) is 0 Å². The Morgan fingerprint density at radius 3 is 1.50 bits per heavy atom. The zero-order valence-electron chi connectivity index (χ0n) is 2.54. The Morgan fingerprint density at radius 1 is 1.33 bits per heavy atom. The number of hydrogen-bond acceptors (Lipinski definition) is 0. The molecule has 0 unspecified atom stereocenters. The van der Waals surface area contributed by atoms with Gasteiger partial charge in [0, 0.05) is 0 Å². The van der Waals surface area contributed by atoms with E-state index in [1.165, 1.54) is 0 Å². The van der Waals surface area contributed by atoms with E-state index in [4.69, 9.17) is 0 Å². The first kappa shape index (κ1) is 6.14. The fourth-order valence-electron chi connectivity index (χ4n) is 0. The Bertz CT molecular complexity index is 38.5. The summed E-state index contributed by atoms with van der Waals surface area (Å²) in [6.45, 7) is 0. The van der Waals surface area contributed by atoms with Crippen molar-refractivity contribution in [3.63, 3.8) is 0 Å². The smallest absolute Gasteiger partial charge is 0.169 e. The molecule has 4 heteroatoms. The predicted molar refractivity (Wildman–Crippen MR) is 16.9 cm³/mol. The van der Waals surface area contributed by atoms with Crippen LogP contribution in [0.2, 0.25) is 0 Å². The monoisotopic (exact) mass is 113 g/mol. The molecule has 0 nitrogen and oxygen atoms in total. The summed E-state index contributed by atoms with van der Waals surface area (Å²) in [7, 11) is 0. The van der Waals surface area contributed by atoms with Gasteiger partial charge in [0.1, 0.15) is 0 Å². The molecule has 3 radical (unpaired) electrons. The van der Waals surface area contributed by atoms with Crippen molar-refractivity contribution in [1.82, 2.24) is 0 Å². The first-order chi connectivity index (χ1) is 2.56. The lowest BCUT2D eigenvalue weighted by Crippen LogP contribution is -2.02. The van der Waals surface area contributed by atoms with E-state index in [9.17, 15) is 13.2 Å². The number of rotatable bonds is 0. The Balaban J connectivity index is 3.17. The van der Waals surface area contributed by atoms with Crippen LogP contribution in [0.4, 0.5) is 13.2 Å². The Labute approximate surface area is 38.8 Å². The highest BCUT2D eigenvalue weighted by molar-refractivity contribution is 7.82. The molecule has 0 bridgehead atoms. The lowest BCUT2D eigenvalue weighted by Gasteiger charge is -1.93. The van der Waals surface area contributed by atoms with E-state index < -0.39 is 6.18 Å². The van der Waals surface area contributed by atoms with Crippen LogP contribution in [0.1, 0.15) is 0 Å². The van der Waals surface area contributed by atoms with Crippen molar-refractivity contribution in [2.45, 2.75) is 6.18 Å². The molecule has 0 aliphatic heterocycles. The lowest BCUT2D eigenvalue weighted by atomic mass is 10.8. The Kier molecular flexibility index (Phi) is 1.77. The van der Waals surface area contributed by atoms with Crippen LogP contribution in [0.25, 0.3) is 0 Å². The summed E-state index contributed by atoms with van der Waals surface area (Å²) in [5.74, 6) is 0.688. The molecule has 0 aromatic carbocycles. The Morgan fingerprint density at radius 2 is 1.50 bits per heavy atom. The van der Waals surface area contributed by atoms with Gasteiger partial charge in [0.15, 0.2) is 5.75 Å². The molecular formula is C2F3S. The molecule has 0 fully saturated rings. The normalized spacial score (nSPS) is 12.0. The van der Waals surface area contributed by atoms with E-state index >= 15 is 0 Å². The van der Waals surface area contributed by atoms with Crippen LogP contribution < -0.4 is 0 Å². The van der Waals surface area contributed by atoms with Gasteiger partial charge in [-0.25, -0.2) is 0 Å². The van der Waals surface area contributed by atoms with Crippen molar-refractivity contribution in [3.05, 3.63) is 5.75 Å². The summed E-state index contributed by atoms with van der Waals surface area (Å²) in [6.07, 6.45) is -4.39. The van der Waals surface area contributed by atoms with Gasteiger partial charge in [-0.1, -0.05) is 12.6 Å². The number of alkyl halides is 3. The predicted octanol–water partition coefficient (Wildman–Crippen LogP) is 1.78. The molecule has 0 heterocycles. The van der Waals surface area contributed by atoms with Crippen molar-refractivity contribution >= 4 is 12.6 Å². The van der Waals surface area contributed by atoms with Crippen LogP contribution in [0.5, 0.6) is 0 Å². The fraction of sp³-hybridized carbons (Fsp3) is 0.500. The van der Waals surface area contributed by atoms with Gasteiger partial charge < -0.3 is 0 Å². The maximum absolute atomic E-state index is 10.6. The molecule has 0 aliphatic rings. The van der Waals surface area contributed by atoms with Crippen LogP contribution in [0.3, 0.4) is 0 Å². The average molecular weight is 113 g/mol. The molecule has 0 saturated heterocycles. The third kappa shape index (κ3) is 4.14. The van der Waals surface area contributed by atoms with Gasteiger partial charge in [-0.2, -0.15) is 13.2 Å². The highest BCUT2D eigenvalue weighted by atomic mass is 32.1. The van der Waals surface area contributed by atoms with Crippen molar-refractivity contribution in [3.8, 4) is 0 Å². The van der Waals surface area contributed by atoms with Crippen LogP contribution >= 0.6 is 12.6 Å². The van der Waals surface area contributed by atoms with E-state index in [2.05, 4.69) is 12.6 Å². The zero-order chi connectivity index (χ0) is 5.21. The maximum atomic E-state index is 10.6. The van der Waals surface area contributed by atoms with Crippen LogP contribution in [-0.4, -0.2) is 6.18 Å². The van der Waals surface area contributed by atoms with Gasteiger partial charge in [-0.15, -0.1) is 0 Å². The van der Waals surface area contributed by atoms with Gasteiger partial charge in [0.25, 0.3) is 0 Å². The first-order valence-electron chi connectivity index (χ1n) is 1.02. The summed E-state index contributed by atoms with van der Waals surface area (Å²) in [5, 5.41) is 0. The molecular weight excluding hydrogens is 113 g/mol. The average Bonchev–Trinajstić information content (AvgIpc) is 1.35. The molecule has 0 aromatic heterocycles. The lowest BCUT2D eigenvalue weighted by molar-refractivity contribution is -0.0868. The van der Waals surface area contributed by atoms with Gasteiger partial charge >= 0.3 is 6.18 Å². The second-order valence-corrected chi connectivity index (χ2v) is 0.804. The van der Waals surface area contributed by atoms with Gasteiger partial charge in [0.05, 0.1) is 0 Å². The first-order valence-corrected chi connectivity index (χ1v) is 1.43. The summed E-state index contributed by atoms with van der Waals surface area (Å²) >= 11 is 3.41. The minimum atomic E-state index is -4.39. The number of hydrogen-bond donors (Lipinski definition) is 0. The summed E-state index contributed by atoms with van der Waals surface area (Å²) < 4.78 is 31.7. The minimum absolute atomic E-state index is 0.688. The summed E-state index contributed by atoms with van der Waals surface area (Å²) in [5.41, 5.74) is 0. The van der Waals surface area contributed by atoms with E-state index in [0.29, 0.717) is 5.75 Å². The summed E-state index contributed by atoms with van der Waals surface area (Å²) in [4.78, 5) is 0. The highest BCUT2D eigenvalue weighted by Crippen LogP contribution is 2.19. The molecule has 0 N–H and O–H groups in total. The molecule has 6 heavy (non-hydrogen) atoms.